The number of halogens is 1. The van der Waals surface area contributed by atoms with Gasteiger partial charge in [0.15, 0.2) is 0 Å². The molecule has 0 aromatic carbocycles. The Morgan fingerprint density at radius 2 is 2.57 bits per heavy atom. The summed E-state index contributed by atoms with van der Waals surface area (Å²) < 4.78 is 11.8. The van der Waals surface area contributed by atoms with Crippen LogP contribution in [0.2, 0.25) is 0 Å². The van der Waals surface area contributed by atoms with Crippen molar-refractivity contribution in [2.24, 2.45) is 0 Å². The number of hydrogen-bond acceptors (Lipinski definition) is 1. The molecule has 0 saturated heterocycles. The maximum Gasteiger partial charge on any atom is 0.142 e. The van der Waals surface area contributed by atoms with Gasteiger partial charge in [0.1, 0.15) is 5.83 Å². The smallest absolute Gasteiger partial charge is 0.142 e. The van der Waals surface area contributed by atoms with Crippen molar-refractivity contribution in [1.82, 2.24) is 10.9 Å². The van der Waals surface area contributed by atoms with Gasteiger partial charge in [0.25, 0.3) is 0 Å². The van der Waals surface area contributed by atoms with Gasteiger partial charge < -0.3 is 0 Å². The van der Waals surface area contributed by atoms with Crippen molar-refractivity contribution in [2.45, 2.75) is 0 Å². The highest BCUT2D eigenvalue weighted by Crippen LogP contribution is 1.96. The Morgan fingerprint density at radius 3 is 2.86 bits per heavy atom. The highest BCUT2D eigenvalue weighted by atomic mass is 19.1. The standard InChI is InChI=1S/C4H4FN2/c5-4-1-2-6-7-3-4/h1-3,7H. The molecule has 1 heterocycles. The minimum atomic E-state index is -0.296. The van der Waals surface area contributed by atoms with Gasteiger partial charge in [-0.1, -0.05) is 0 Å². The Balaban J connectivity index is 2.58. The molecule has 0 bridgehead atoms. The normalized spacial score (nSPS) is 17.0. The lowest BCUT2D eigenvalue weighted by atomic mass is 10.5. The molecule has 0 amide bonds. The van der Waals surface area contributed by atoms with Crippen LogP contribution in [0, 0.1) is 0 Å². The number of rotatable bonds is 0. The lowest BCUT2D eigenvalue weighted by Gasteiger charge is -1.97. The second-order valence-corrected chi connectivity index (χ2v) is 1.10. The first-order valence-electron chi connectivity index (χ1n) is 1.87. The molecule has 1 aliphatic heterocycles. The Bertz CT molecular complexity index is 117. The van der Waals surface area contributed by atoms with Crippen molar-refractivity contribution in [1.29, 1.82) is 0 Å². The van der Waals surface area contributed by atoms with E-state index in [4.69, 9.17) is 0 Å². The first-order valence-corrected chi connectivity index (χ1v) is 1.87. The van der Waals surface area contributed by atoms with E-state index in [-0.39, 0.29) is 5.83 Å². The minimum Gasteiger partial charge on any atom is -0.283 e. The zero-order chi connectivity index (χ0) is 5.11. The van der Waals surface area contributed by atoms with Crippen LogP contribution < -0.4 is 10.9 Å². The molecule has 0 aliphatic carbocycles. The van der Waals surface area contributed by atoms with Crippen LogP contribution in [-0.4, -0.2) is 0 Å². The lowest BCUT2D eigenvalue weighted by molar-refractivity contribution is 0.619. The molecule has 0 atom stereocenters. The minimum absolute atomic E-state index is 0.296. The summed E-state index contributed by atoms with van der Waals surface area (Å²) in [7, 11) is 0. The van der Waals surface area contributed by atoms with Gasteiger partial charge >= 0.3 is 0 Å². The second-order valence-electron chi connectivity index (χ2n) is 1.10. The van der Waals surface area contributed by atoms with Crippen molar-refractivity contribution in [3.63, 3.8) is 0 Å². The van der Waals surface area contributed by atoms with E-state index < -0.39 is 0 Å². The van der Waals surface area contributed by atoms with Gasteiger partial charge in [-0.3, -0.25) is 5.43 Å². The Morgan fingerprint density at radius 1 is 1.71 bits per heavy atom. The summed E-state index contributed by atoms with van der Waals surface area (Å²) in [5, 5.41) is 0. The molecule has 1 rings (SSSR count). The average molecular weight is 99.1 g/mol. The fourth-order valence-electron chi connectivity index (χ4n) is 0.299. The monoisotopic (exact) mass is 99.0 g/mol. The van der Waals surface area contributed by atoms with E-state index in [1.54, 1.807) is 0 Å². The summed E-state index contributed by atoms with van der Waals surface area (Å²) in [6.07, 6.45) is 3.81. The molecule has 0 fully saturated rings. The molecule has 1 radical (unpaired) electrons. The second kappa shape index (κ2) is 1.64. The van der Waals surface area contributed by atoms with Crippen molar-refractivity contribution in [3.05, 3.63) is 24.3 Å². The predicted octanol–water partition coefficient (Wildman–Crippen LogP) is 0.434. The molecule has 0 aromatic rings. The molecule has 37 valence electrons. The van der Waals surface area contributed by atoms with E-state index in [1.807, 2.05) is 0 Å². The van der Waals surface area contributed by atoms with Crippen molar-refractivity contribution in [3.8, 4) is 0 Å². The van der Waals surface area contributed by atoms with Gasteiger partial charge in [0.2, 0.25) is 0 Å². The molecule has 2 nitrogen and oxygen atoms in total. The van der Waals surface area contributed by atoms with E-state index in [1.165, 1.54) is 18.5 Å². The van der Waals surface area contributed by atoms with Crippen LogP contribution in [0.15, 0.2) is 24.3 Å². The van der Waals surface area contributed by atoms with Crippen LogP contribution >= 0.6 is 0 Å². The van der Waals surface area contributed by atoms with E-state index >= 15 is 0 Å². The van der Waals surface area contributed by atoms with Crippen molar-refractivity contribution >= 4 is 0 Å². The maximum absolute atomic E-state index is 11.8. The third-order valence-electron chi connectivity index (χ3n) is 0.585. The number of hydrogen-bond donors (Lipinski definition) is 1. The largest absolute Gasteiger partial charge is 0.283 e. The Hall–Kier alpha value is -0.990. The highest BCUT2D eigenvalue weighted by Gasteiger charge is 1.89. The van der Waals surface area contributed by atoms with Crippen LogP contribution in [0.25, 0.3) is 0 Å². The van der Waals surface area contributed by atoms with Gasteiger partial charge in [-0.2, -0.15) is 5.43 Å². The predicted molar refractivity (Wildman–Crippen MR) is 23.6 cm³/mol. The molecule has 1 aliphatic rings. The summed E-state index contributed by atoms with van der Waals surface area (Å²) >= 11 is 0. The first kappa shape index (κ1) is 4.18. The Labute approximate surface area is 40.7 Å². The Kier molecular flexibility index (Phi) is 0.978. The van der Waals surface area contributed by atoms with Crippen molar-refractivity contribution in [2.75, 3.05) is 0 Å². The van der Waals surface area contributed by atoms with Crippen LogP contribution in [0.3, 0.4) is 0 Å². The van der Waals surface area contributed by atoms with E-state index in [0.29, 0.717) is 0 Å². The molecule has 3 heteroatoms. The SMILES string of the molecule is FC1=CN[N]C=C1. The summed E-state index contributed by atoms with van der Waals surface area (Å²) in [5.74, 6) is -0.296. The van der Waals surface area contributed by atoms with Gasteiger partial charge in [0.05, 0.1) is 12.4 Å². The van der Waals surface area contributed by atoms with Gasteiger partial charge in [-0.25, -0.2) is 4.39 Å². The first-order chi connectivity index (χ1) is 3.39. The zero-order valence-electron chi connectivity index (χ0n) is 3.56. The number of nitrogens with one attached hydrogen (secondary N) is 1. The fraction of sp³-hybridized carbons (Fsp3) is 0. The van der Waals surface area contributed by atoms with Crippen LogP contribution in [0.5, 0.6) is 0 Å². The summed E-state index contributed by atoms with van der Waals surface area (Å²) in [4.78, 5) is 0. The summed E-state index contributed by atoms with van der Waals surface area (Å²) in [5.41, 5.74) is 5.82. The average Bonchev–Trinajstić information content (AvgIpc) is 1.69. The van der Waals surface area contributed by atoms with E-state index in [9.17, 15) is 4.39 Å². The summed E-state index contributed by atoms with van der Waals surface area (Å²) in [6, 6.07) is 0. The molecule has 0 saturated carbocycles. The van der Waals surface area contributed by atoms with Gasteiger partial charge in [-0.15, -0.1) is 0 Å². The molecule has 0 aromatic heterocycles. The zero-order valence-corrected chi connectivity index (χ0v) is 3.56. The van der Waals surface area contributed by atoms with Crippen LogP contribution in [0.4, 0.5) is 4.39 Å². The van der Waals surface area contributed by atoms with E-state index in [2.05, 4.69) is 10.9 Å². The van der Waals surface area contributed by atoms with Gasteiger partial charge in [0, 0.05) is 0 Å². The maximum atomic E-state index is 11.8. The molecular weight excluding hydrogens is 95.1 g/mol. The van der Waals surface area contributed by atoms with Crippen LogP contribution in [-0.2, 0) is 0 Å². The topological polar surface area (TPSA) is 26.1 Å². The quantitative estimate of drug-likeness (QED) is 0.468. The summed E-state index contributed by atoms with van der Waals surface area (Å²) in [6.45, 7) is 0. The molecule has 0 spiro atoms. The number of allylic oxidation sites excluding steroid dienone is 2. The molecule has 0 unspecified atom stereocenters. The number of nitrogens with zero attached hydrogens (tertiary/aromatic N) is 1. The molecule has 7 heavy (non-hydrogen) atoms. The van der Waals surface area contributed by atoms with Crippen molar-refractivity contribution < 1.29 is 4.39 Å². The highest BCUT2D eigenvalue weighted by molar-refractivity contribution is 5.11. The van der Waals surface area contributed by atoms with Gasteiger partial charge in [-0.05, 0) is 6.08 Å². The molecule has 1 N–H and O–H groups in total. The molecular formula is C4H4FN2. The lowest BCUT2D eigenvalue weighted by Crippen LogP contribution is -2.14. The fourth-order valence-corrected chi connectivity index (χ4v) is 0.299. The third-order valence-corrected chi connectivity index (χ3v) is 0.585. The van der Waals surface area contributed by atoms with E-state index in [0.717, 1.165) is 0 Å². The van der Waals surface area contributed by atoms with Crippen LogP contribution in [0.1, 0.15) is 0 Å². The third kappa shape index (κ3) is 0.924.